The molecule has 0 amide bonds. The van der Waals surface area contributed by atoms with Crippen molar-refractivity contribution in [3.05, 3.63) is 53.6 Å². The van der Waals surface area contributed by atoms with Crippen LogP contribution in [0.3, 0.4) is 0 Å². The van der Waals surface area contributed by atoms with Crippen LogP contribution < -0.4 is 14.3 Å². The molecule has 0 bridgehead atoms. The average Bonchev–Trinajstić information content (AvgIpc) is 2.52. The number of ether oxygens (including phenoxy) is 1. The molecule has 128 valence electrons. The van der Waals surface area contributed by atoms with Crippen molar-refractivity contribution in [3.8, 4) is 11.5 Å². The summed E-state index contributed by atoms with van der Waals surface area (Å²) in [6, 6.07) is 13.2. The Morgan fingerprint density at radius 2 is 1.62 bits per heavy atom. The molecule has 0 aliphatic rings. The molecule has 0 spiro atoms. The third-order valence-electron chi connectivity index (χ3n) is 3.65. The quantitative estimate of drug-likeness (QED) is 0.581. The molecule has 0 saturated heterocycles. The Hall–Kier alpha value is -1.86. The van der Waals surface area contributed by atoms with Crippen molar-refractivity contribution >= 4 is 28.1 Å². The fourth-order valence-corrected chi connectivity index (χ4v) is 5.17. The number of benzene rings is 2. The van der Waals surface area contributed by atoms with E-state index in [0.717, 1.165) is 22.2 Å². The van der Waals surface area contributed by atoms with E-state index in [4.69, 9.17) is 9.16 Å². The van der Waals surface area contributed by atoms with Crippen molar-refractivity contribution in [1.29, 1.82) is 0 Å². The van der Waals surface area contributed by atoms with Crippen LogP contribution in [0.25, 0.3) is 0 Å². The minimum atomic E-state index is -1.64. The first-order valence-corrected chi connectivity index (χ1v) is 14.5. The van der Waals surface area contributed by atoms with Crippen molar-refractivity contribution in [2.45, 2.75) is 32.7 Å². The van der Waals surface area contributed by atoms with Crippen LogP contribution in [-0.2, 0) is 0 Å². The molecular weight excluding hydrogens is 332 g/mol. The summed E-state index contributed by atoms with van der Waals surface area (Å²) in [5.74, 6) is 1.70. The number of carbonyl (C=O) groups is 1. The summed E-state index contributed by atoms with van der Waals surface area (Å²) < 4.78 is 11.4. The van der Waals surface area contributed by atoms with Gasteiger partial charge in [0.25, 0.3) is 0 Å². The first-order chi connectivity index (χ1) is 11.2. The van der Waals surface area contributed by atoms with Crippen molar-refractivity contribution < 1.29 is 14.0 Å². The van der Waals surface area contributed by atoms with Gasteiger partial charge in [0.05, 0.1) is 15.9 Å². The second kappa shape index (κ2) is 7.36. The molecule has 0 fully saturated rings. The van der Waals surface area contributed by atoms with Crippen molar-refractivity contribution in [2.75, 3.05) is 7.11 Å². The molecule has 24 heavy (non-hydrogen) atoms. The van der Waals surface area contributed by atoms with E-state index in [-0.39, 0.29) is 5.78 Å². The molecule has 0 unspecified atom stereocenters. The van der Waals surface area contributed by atoms with E-state index >= 15 is 0 Å². The Kier molecular flexibility index (Phi) is 5.67. The first-order valence-electron chi connectivity index (χ1n) is 8.23. The third kappa shape index (κ3) is 4.36. The largest absolute Gasteiger partial charge is 0.544 e. The van der Waals surface area contributed by atoms with Gasteiger partial charge in [0.1, 0.15) is 11.5 Å². The van der Waals surface area contributed by atoms with Gasteiger partial charge in [-0.3, -0.25) is 4.79 Å². The summed E-state index contributed by atoms with van der Waals surface area (Å²) >= 11 is 0. The molecule has 3 nitrogen and oxygen atoms in total. The van der Waals surface area contributed by atoms with Gasteiger partial charge in [-0.25, -0.2) is 0 Å². The second-order valence-electron chi connectivity index (χ2n) is 7.14. The normalized spacial score (nSPS) is 11.5. The Morgan fingerprint density at radius 3 is 2.12 bits per heavy atom. The lowest BCUT2D eigenvalue weighted by Gasteiger charge is -2.19. The van der Waals surface area contributed by atoms with Crippen LogP contribution in [0.1, 0.15) is 15.9 Å². The van der Waals surface area contributed by atoms with Crippen LogP contribution in [0.4, 0.5) is 0 Å². The second-order valence-corrected chi connectivity index (χ2v) is 14.5. The maximum atomic E-state index is 13.0. The van der Waals surface area contributed by atoms with Gasteiger partial charge in [0.15, 0.2) is 5.78 Å². The predicted octanol–water partition coefficient (Wildman–Crippen LogP) is 3.83. The third-order valence-corrected chi connectivity index (χ3v) is 6.25. The van der Waals surface area contributed by atoms with Crippen molar-refractivity contribution in [3.63, 3.8) is 0 Å². The van der Waals surface area contributed by atoms with Crippen molar-refractivity contribution in [1.82, 2.24) is 0 Å². The lowest BCUT2D eigenvalue weighted by molar-refractivity contribution is 0.103. The summed E-state index contributed by atoms with van der Waals surface area (Å²) in [7, 11) is -1.19. The van der Waals surface area contributed by atoms with E-state index < -0.39 is 17.1 Å². The lowest BCUT2D eigenvalue weighted by atomic mass is 10.0. The number of carbonyl (C=O) groups excluding carboxylic acids is 1. The van der Waals surface area contributed by atoms with Gasteiger partial charge in [-0.05, 0) is 55.2 Å². The molecule has 0 aromatic heterocycles. The smallest absolute Gasteiger partial charge is 0.242 e. The highest BCUT2D eigenvalue weighted by atomic mass is 28.4. The Labute approximate surface area is 147 Å². The van der Waals surface area contributed by atoms with E-state index in [2.05, 4.69) is 32.7 Å². The summed E-state index contributed by atoms with van der Waals surface area (Å²) in [4.78, 5) is 13.0. The minimum absolute atomic E-state index is 0.0460. The molecule has 0 radical (unpaired) electrons. The number of methoxy groups -OCH3 is 1. The maximum absolute atomic E-state index is 13.0. The fourth-order valence-electron chi connectivity index (χ4n) is 2.70. The number of rotatable bonds is 6. The van der Waals surface area contributed by atoms with Gasteiger partial charge in [0.2, 0.25) is 8.32 Å². The SMILES string of the molecule is COc1cccc(C(=O)c2ccc(O[Si](C)(C)C)cc2)c1[SiH](C)C. The first kappa shape index (κ1) is 18.5. The van der Waals surface area contributed by atoms with E-state index in [9.17, 15) is 4.79 Å². The zero-order valence-corrected chi connectivity index (χ0v) is 17.5. The number of hydrogen-bond donors (Lipinski definition) is 0. The van der Waals surface area contributed by atoms with Gasteiger partial charge < -0.3 is 9.16 Å². The molecule has 0 saturated carbocycles. The van der Waals surface area contributed by atoms with Gasteiger partial charge in [-0.1, -0.05) is 25.2 Å². The van der Waals surface area contributed by atoms with Crippen LogP contribution in [0.5, 0.6) is 11.5 Å². The number of hydrogen-bond acceptors (Lipinski definition) is 3. The molecule has 2 aromatic carbocycles. The van der Waals surface area contributed by atoms with E-state index in [1.165, 1.54) is 0 Å². The highest BCUT2D eigenvalue weighted by molar-refractivity contribution is 6.73. The molecule has 5 heteroatoms. The monoisotopic (exact) mass is 358 g/mol. The molecule has 2 aromatic rings. The fraction of sp³-hybridized carbons (Fsp3) is 0.316. The van der Waals surface area contributed by atoms with Gasteiger partial charge in [-0.15, -0.1) is 0 Å². The van der Waals surface area contributed by atoms with Gasteiger partial charge in [0, 0.05) is 11.1 Å². The zero-order valence-electron chi connectivity index (χ0n) is 15.3. The minimum Gasteiger partial charge on any atom is -0.544 e. The van der Waals surface area contributed by atoms with Crippen LogP contribution in [0.2, 0.25) is 32.7 Å². The Balaban J connectivity index is 2.36. The van der Waals surface area contributed by atoms with Gasteiger partial charge in [-0.2, -0.15) is 0 Å². The standard InChI is InChI=1S/C19H26O3Si2/c1-21-17-9-7-8-16(19(17)23(2)3)18(20)14-10-12-15(13-11-14)22-24(4,5)6/h7-13,23H,1-6H3. The summed E-state index contributed by atoms with van der Waals surface area (Å²) in [6.07, 6.45) is 0. The zero-order chi connectivity index (χ0) is 17.9. The van der Waals surface area contributed by atoms with Crippen LogP contribution in [0, 0.1) is 0 Å². The lowest BCUT2D eigenvalue weighted by Crippen LogP contribution is -2.31. The van der Waals surface area contributed by atoms with E-state index in [1.807, 2.05) is 42.5 Å². The molecule has 0 N–H and O–H groups in total. The summed E-state index contributed by atoms with van der Waals surface area (Å²) in [5, 5.41) is 1.09. The van der Waals surface area contributed by atoms with Crippen LogP contribution in [-0.4, -0.2) is 30.0 Å². The average molecular weight is 359 g/mol. The topological polar surface area (TPSA) is 35.5 Å². The predicted molar refractivity (Wildman–Crippen MR) is 105 cm³/mol. The summed E-state index contributed by atoms with van der Waals surface area (Å²) in [5.41, 5.74) is 1.44. The van der Waals surface area contributed by atoms with E-state index in [1.54, 1.807) is 7.11 Å². The number of ketones is 1. The molecule has 2 rings (SSSR count). The molecule has 0 aliphatic carbocycles. The van der Waals surface area contributed by atoms with Crippen LogP contribution >= 0.6 is 0 Å². The summed E-state index contributed by atoms with van der Waals surface area (Å²) in [6.45, 7) is 10.8. The van der Waals surface area contributed by atoms with Gasteiger partial charge >= 0.3 is 0 Å². The Morgan fingerprint density at radius 1 is 1.00 bits per heavy atom. The van der Waals surface area contributed by atoms with E-state index in [0.29, 0.717) is 5.56 Å². The Bertz CT molecular complexity index is 716. The molecule has 0 heterocycles. The molecular formula is C19H26O3Si2. The van der Waals surface area contributed by atoms with Crippen LogP contribution in [0.15, 0.2) is 42.5 Å². The highest BCUT2D eigenvalue weighted by Gasteiger charge is 2.20. The molecule has 0 atom stereocenters. The van der Waals surface area contributed by atoms with Crippen molar-refractivity contribution in [2.24, 2.45) is 0 Å². The highest BCUT2D eigenvalue weighted by Crippen LogP contribution is 2.20. The maximum Gasteiger partial charge on any atom is 0.242 e. The molecule has 0 aliphatic heterocycles.